The van der Waals surface area contributed by atoms with Crippen molar-refractivity contribution in [3.63, 3.8) is 0 Å². The molecule has 2 aliphatic rings. The lowest BCUT2D eigenvalue weighted by atomic mass is 9.82. The van der Waals surface area contributed by atoms with Crippen molar-refractivity contribution >= 4 is 11.7 Å². The number of pyridine rings is 1. The number of anilines is 1. The molecule has 3 heterocycles. The van der Waals surface area contributed by atoms with Crippen LogP contribution >= 0.6 is 0 Å². The summed E-state index contributed by atoms with van der Waals surface area (Å²) in [7, 11) is 0. The van der Waals surface area contributed by atoms with Gasteiger partial charge in [-0.2, -0.15) is 0 Å². The van der Waals surface area contributed by atoms with Gasteiger partial charge in [-0.05, 0) is 54.8 Å². The van der Waals surface area contributed by atoms with Crippen LogP contribution in [0.2, 0.25) is 0 Å². The number of hydrogen-bond donors (Lipinski definition) is 2. The van der Waals surface area contributed by atoms with E-state index < -0.39 is 5.41 Å². The van der Waals surface area contributed by atoms with Gasteiger partial charge < -0.3 is 10.6 Å². The molecule has 2 aromatic rings. The zero-order valence-corrected chi connectivity index (χ0v) is 15.1. The summed E-state index contributed by atoms with van der Waals surface area (Å²) in [6.07, 6.45) is 1.66. The Bertz CT molecular complexity index is 859. The Labute approximate surface area is 152 Å². The van der Waals surface area contributed by atoms with Crippen molar-refractivity contribution in [3.8, 4) is 11.1 Å². The number of rotatable bonds is 3. The molecule has 0 saturated carbocycles. The van der Waals surface area contributed by atoms with Gasteiger partial charge in [-0.3, -0.25) is 9.69 Å². The van der Waals surface area contributed by atoms with Gasteiger partial charge in [0.1, 0.15) is 11.6 Å². The molecule has 0 radical (unpaired) electrons. The molecular weight excluding hydrogens is 331 g/mol. The van der Waals surface area contributed by atoms with Gasteiger partial charge in [0.15, 0.2) is 0 Å². The first-order valence-corrected chi connectivity index (χ1v) is 8.99. The minimum Gasteiger partial charge on any atom is -0.314 e. The average Bonchev–Trinajstić information content (AvgIpc) is 2.84. The minimum absolute atomic E-state index is 0.0788. The first-order chi connectivity index (χ1) is 12.4. The molecule has 0 unspecified atom stereocenters. The summed E-state index contributed by atoms with van der Waals surface area (Å²) in [6, 6.07) is 7.03. The summed E-state index contributed by atoms with van der Waals surface area (Å²) >= 11 is 0. The Kier molecular flexibility index (Phi) is 4.25. The van der Waals surface area contributed by atoms with Crippen molar-refractivity contribution < 1.29 is 9.18 Å². The van der Waals surface area contributed by atoms with Gasteiger partial charge in [-0.25, -0.2) is 9.37 Å². The van der Waals surface area contributed by atoms with E-state index >= 15 is 0 Å². The van der Waals surface area contributed by atoms with Crippen LogP contribution in [-0.4, -0.2) is 42.0 Å². The van der Waals surface area contributed by atoms with E-state index in [9.17, 15) is 9.18 Å². The van der Waals surface area contributed by atoms with Gasteiger partial charge in [-0.15, -0.1) is 0 Å². The molecule has 0 spiro atoms. The largest absolute Gasteiger partial charge is 0.314 e. The Morgan fingerprint density at radius 1 is 1.23 bits per heavy atom. The van der Waals surface area contributed by atoms with Crippen LogP contribution in [0, 0.1) is 5.82 Å². The highest BCUT2D eigenvalue weighted by Crippen LogP contribution is 2.42. The highest BCUT2D eigenvalue weighted by Gasteiger charge is 2.41. The van der Waals surface area contributed by atoms with Crippen LogP contribution in [0.25, 0.3) is 11.1 Å². The first-order valence-electron chi connectivity index (χ1n) is 8.99. The number of amides is 1. The fourth-order valence-electron chi connectivity index (χ4n) is 3.83. The highest BCUT2D eigenvalue weighted by molar-refractivity contribution is 6.06. The smallest absolute Gasteiger partial charge is 0.235 e. The summed E-state index contributed by atoms with van der Waals surface area (Å²) in [6.45, 7) is 8.31. The maximum absolute atomic E-state index is 14.4. The van der Waals surface area contributed by atoms with Crippen molar-refractivity contribution in [1.82, 2.24) is 15.2 Å². The van der Waals surface area contributed by atoms with Crippen molar-refractivity contribution in [2.75, 3.05) is 31.5 Å². The second-order valence-corrected chi connectivity index (χ2v) is 7.54. The summed E-state index contributed by atoms with van der Waals surface area (Å²) in [5.74, 6) is 0.239. The topological polar surface area (TPSA) is 57.3 Å². The van der Waals surface area contributed by atoms with Crippen LogP contribution in [0.4, 0.5) is 10.2 Å². The van der Waals surface area contributed by atoms with Gasteiger partial charge in [0.05, 0.1) is 5.41 Å². The molecule has 4 rings (SSSR count). The number of carbonyl (C=O) groups is 1. The van der Waals surface area contributed by atoms with Crippen LogP contribution in [0.3, 0.4) is 0 Å². The molecule has 2 aliphatic heterocycles. The monoisotopic (exact) mass is 354 g/mol. The molecule has 0 atom stereocenters. The molecule has 5 nitrogen and oxygen atoms in total. The van der Waals surface area contributed by atoms with Crippen LogP contribution in [0.15, 0.2) is 30.5 Å². The highest BCUT2D eigenvalue weighted by atomic mass is 19.1. The zero-order valence-electron chi connectivity index (χ0n) is 15.1. The van der Waals surface area contributed by atoms with Crippen LogP contribution in [0.1, 0.15) is 25.0 Å². The fraction of sp³-hybridized carbons (Fsp3) is 0.400. The summed E-state index contributed by atoms with van der Waals surface area (Å²) in [4.78, 5) is 18.9. The first kappa shape index (κ1) is 17.1. The summed E-state index contributed by atoms with van der Waals surface area (Å²) in [5.41, 5.74) is 2.74. The molecule has 1 fully saturated rings. The van der Waals surface area contributed by atoms with Gasteiger partial charge >= 0.3 is 0 Å². The van der Waals surface area contributed by atoms with Crippen molar-refractivity contribution in [2.24, 2.45) is 0 Å². The number of piperazine rings is 1. The number of aromatic nitrogens is 1. The number of halogens is 1. The number of hydrogen-bond acceptors (Lipinski definition) is 4. The molecule has 26 heavy (non-hydrogen) atoms. The number of nitrogens with one attached hydrogen (secondary N) is 2. The molecular formula is C20H23FN4O. The number of benzene rings is 1. The van der Waals surface area contributed by atoms with E-state index in [2.05, 4.69) is 20.5 Å². The van der Waals surface area contributed by atoms with Crippen molar-refractivity contribution in [2.45, 2.75) is 25.8 Å². The molecule has 1 saturated heterocycles. The predicted octanol–water partition coefficient (Wildman–Crippen LogP) is 2.52. The third kappa shape index (κ3) is 2.99. The Morgan fingerprint density at radius 2 is 2.00 bits per heavy atom. The maximum Gasteiger partial charge on any atom is 0.235 e. The van der Waals surface area contributed by atoms with Gasteiger partial charge in [0.2, 0.25) is 5.91 Å². The maximum atomic E-state index is 14.4. The van der Waals surface area contributed by atoms with Gasteiger partial charge in [-0.1, -0.05) is 0 Å². The summed E-state index contributed by atoms with van der Waals surface area (Å²) in [5, 5.41) is 6.16. The van der Waals surface area contributed by atoms with E-state index in [-0.39, 0.29) is 11.7 Å². The molecule has 2 N–H and O–H groups in total. The second kappa shape index (κ2) is 6.45. The average molecular weight is 354 g/mol. The fourth-order valence-corrected chi connectivity index (χ4v) is 3.83. The Balaban J connectivity index is 1.73. The van der Waals surface area contributed by atoms with E-state index in [0.717, 1.165) is 55.0 Å². The van der Waals surface area contributed by atoms with Crippen LogP contribution in [0.5, 0.6) is 0 Å². The Morgan fingerprint density at radius 3 is 2.77 bits per heavy atom. The van der Waals surface area contributed by atoms with E-state index in [1.807, 2.05) is 26.0 Å². The second-order valence-electron chi connectivity index (χ2n) is 7.54. The number of nitrogens with zero attached hydrogens (tertiary/aromatic N) is 2. The standard InChI is InChI=1S/C20H23FN4O/c1-20(2)17-16(3-4-23-18(17)24-19(20)26)14-9-13(10-15(21)11-14)12-25-7-5-22-6-8-25/h3-4,9-11,22H,5-8,12H2,1-2H3,(H,23,24,26). The predicted molar refractivity (Wildman–Crippen MR) is 99.4 cm³/mol. The number of fused-ring (bicyclic) bond motifs is 1. The quantitative estimate of drug-likeness (QED) is 0.889. The molecule has 0 aliphatic carbocycles. The molecule has 136 valence electrons. The van der Waals surface area contributed by atoms with Crippen LogP contribution < -0.4 is 10.6 Å². The molecule has 0 bridgehead atoms. The lowest BCUT2D eigenvalue weighted by Crippen LogP contribution is -2.42. The lowest BCUT2D eigenvalue weighted by Gasteiger charge is -2.27. The molecule has 1 amide bonds. The van der Waals surface area contributed by atoms with Gasteiger partial charge in [0, 0.05) is 44.5 Å². The van der Waals surface area contributed by atoms with Crippen molar-refractivity contribution in [3.05, 3.63) is 47.4 Å². The Hall–Kier alpha value is -2.31. The normalized spacial score (nSPS) is 19.3. The lowest BCUT2D eigenvalue weighted by molar-refractivity contribution is -0.119. The molecule has 1 aromatic carbocycles. The molecule has 1 aromatic heterocycles. The SMILES string of the molecule is CC1(C)C(=O)Nc2nccc(-c3cc(F)cc(CN4CCNCC4)c3)c21. The molecule has 6 heteroatoms. The van der Waals surface area contributed by atoms with Gasteiger partial charge in [0.25, 0.3) is 0 Å². The summed E-state index contributed by atoms with van der Waals surface area (Å²) < 4.78 is 14.4. The van der Waals surface area contributed by atoms with E-state index in [1.165, 1.54) is 6.07 Å². The zero-order chi connectivity index (χ0) is 18.3. The van der Waals surface area contributed by atoms with E-state index in [4.69, 9.17) is 0 Å². The number of carbonyl (C=O) groups excluding carboxylic acids is 1. The minimum atomic E-state index is -0.691. The third-order valence-corrected chi connectivity index (χ3v) is 5.26. The van der Waals surface area contributed by atoms with E-state index in [0.29, 0.717) is 5.82 Å². The van der Waals surface area contributed by atoms with Crippen molar-refractivity contribution in [1.29, 1.82) is 0 Å². The van der Waals surface area contributed by atoms with E-state index in [1.54, 1.807) is 12.3 Å². The van der Waals surface area contributed by atoms with Crippen LogP contribution in [-0.2, 0) is 16.8 Å². The third-order valence-electron chi connectivity index (χ3n) is 5.26.